The van der Waals surface area contributed by atoms with Gasteiger partial charge in [-0.2, -0.15) is 0 Å². The van der Waals surface area contributed by atoms with E-state index in [1.54, 1.807) is 6.20 Å². The van der Waals surface area contributed by atoms with Crippen LogP contribution in [0.2, 0.25) is 0 Å². The average molecular weight is 334 g/mol. The van der Waals surface area contributed by atoms with Gasteiger partial charge in [0, 0.05) is 21.6 Å². The van der Waals surface area contributed by atoms with Crippen molar-refractivity contribution in [3.8, 4) is 0 Å². The molecule has 0 unspecified atom stereocenters. The lowest BCUT2D eigenvalue weighted by atomic mass is 10.1. The summed E-state index contributed by atoms with van der Waals surface area (Å²) in [6.45, 7) is 2.03. The Morgan fingerprint density at radius 3 is 2.90 bits per heavy atom. The molecule has 0 saturated carbocycles. The van der Waals surface area contributed by atoms with E-state index in [1.165, 1.54) is 7.11 Å². The molecule has 104 valence electrons. The Morgan fingerprint density at radius 1 is 1.40 bits per heavy atom. The number of carbonyl (C=O) groups excluding carboxylic acids is 1. The number of hydrogen-bond donors (Lipinski definition) is 0. The number of ether oxygens (including phenoxy) is 1. The maximum Gasteiger partial charge on any atom is 0.333 e. The SMILES string of the molecule is CCC/C(=C\c1cnc2ccc(Br)cc2c1)C(=O)OC. The van der Waals surface area contributed by atoms with Crippen molar-refractivity contribution in [2.24, 2.45) is 0 Å². The zero-order valence-corrected chi connectivity index (χ0v) is 13.1. The van der Waals surface area contributed by atoms with E-state index in [2.05, 4.69) is 20.9 Å². The fraction of sp³-hybridized carbons (Fsp3) is 0.250. The van der Waals surface area contributed by atoms with Crippen LogP contribution in [0.5, 0.6) is 0 Å². The van der Waals surface area contributed by atoms with E-state index in [0.29, 0.717) is 12.0 Å². The minimum atomic E-state index is -0.277. The normalized spacial score (nSPS) is 11.7. The van der Waals surface area contributed by atoms with Crippen molar-refractivity contribution in [3.05, 3.63) is 46.1 Å². The van der Waals surface area contributed by atoms with Crippen LogP contribution in [0.1, 0.15) is 25.3 Å². The molecule has 2 rings (SSSR count). The second-order valence-electron chi connectivity index (χ2n) is 4.52. The molecule has 2 aromatic rings. The number of fused-ring (bicyclic) bond motifs is 1. The van der Waals surface area contributed by atoms with Gasteiger partial charge in [0.2, 0.25) is 0 Å². The number of nitrogens with zero attached hydrogens (tertiary/aromatic N) is 1. The summed E-state index contributed by atoms with van der Waals surface area (Å²) in [4.78, 5) is 16.1. The van der Waals surface area contributed by atoms with Gasteiger partial charge >= 0.3 is 5.97 Å². The molecular formula is C16H16BrNO2. The summed E-state index contributed by atoms with van der Waals surface area (Å²) >= 11 is 3.45. The number of hydrogen-bond acceptors (Lipinski definition) is 3. The Labute approximate surface area is 126 Å². The van der Waals surface area contributed by atoms with Gasteiger partial charge in [-0.25, -0.2) is 4.79 Å². The molecule has 3 nitrogen and oxygen atoms in total. The fourth-order valence-electron chi connectivity index (χ4n) is 2.03. The van der Waals surface area contributed by atoms with Crippen LogP contribution in [0.3, 0.4) is 0 Å². The van der Waals surface area contributed by atoms with Crippen LogP contribution in [0, 0.1) is 0 Å². The lowest BCUT2D eigenvalue weighted by Crippen LogP contribution is -2.04. The third-order valence-corrected chi connectivity index (χ3v) is 3.47. The molecule has 0 N–H and O–H groups in total. The van der Waals surface area contributed by atoms with E-state index >= 15 is 0 Å². The second-order valence-corrected chi connectivity index (χ2v) is 5.43. The highest BCUT2D eigenvalue weighted by Crippen LogP contribution is 2.21. The van der Waals surface area contributed by atoms with Crippen LogP contribution in [-0.4, -0.2) is 18.1 Å². The Balaban J connectivity index is 2.42. The summed E-state index contributed by atoms with van der Waals surface area (Å²) in [5.74, 6) is -0.277. The molecule has 0 fully saturated rings. The molecule has 0 aliphatic carbocycles. The number of rotatable bonds is 4. The largest absolute Gasteiger partial charge is 0.466 e. The Kier molecular flexibility index (Phi) is 4.90. The zero-order chi connectivity index (χ0) is 14.5. The average Bonchev–Trinajstić information content (AvgIpc) is 2.45. The first kappa shape index (κ1) is 14.7. The molecule has 0 aliphatic heterocycles. The van der Waals surface area contributed by atoms with Crippen LogP contribution >= 0.6 is 15.9 Å². The summed E-state index contributed by atoms with van der Waals surface area (Å²) in [5.41, 5.74) is 2.51. The van der Waals surface area contributed by atoms with Crippen LogP contribution in [0.4, 0.5) is 0 Å². The minimum absolute atomic E-state index is 0.277. The smallest absolute Gasteiger partial charge is 0.333 e. The van der Waals surface area contributed by atoms with Gasteiger partial charge in [0.25, 0.3) is 0 Å². The number of halogens is 1. The molecule has 0 aliphatic rings. The molecule has 1 aromatic carbocycles. The van der Waals surface area contributed by atoms with Crippen molar-refractivity contribution >= 4 is 38.9 Å². The monoisotopic (exact) mass is 333 g/mol. The van der Waals surface area contributed by atoms with Crippen LogP contribution in [-0.2, 0) is 9.53 Å². The number of carbonyl (C=O) groups is 1. The second kappa shape index (κ2) is 6.66. The van der Waals surface area contributed by atoms with Gasteiger partial charge in [0.05, 0.1) is 12.6 Å². The molecule has 0 spiro atoms. The zero-order valence-electron chi connectivity index (χ0n) is 11.5. The van der Waals surface area contributed by atoms with Gasteiger partial charge < -0.3 is 4.74 Å². The van der Waals surface area contributed by atoms with Crippen molar-refractivity contribution in [3.63, 3.8) is 0 Å². The molecule has 0 radical (unpaired) electrons. The van der Waals surface area contributed by atoms with Crippen molar-refractivity contribution in [1.82, 2.24) is 4.98 Å². The van der Waals surface area contributed by atoms with Crippen LogP contribution in [0.25, 0.3) is 17.0 Å². The van der Waals surface area contributed by atoms with Crippen LogP contribution in [0.15, 0.2) is 40.5 Å². The van der Waals surface area contributed by atoms with Crippen molar-refractivity contribution in [2.45, 2.75) is 19.8 Å². The number of benzene rings is 1. The van der Waals surface area contributed by atoms with E-state index in [0.717, 1.165) is 27.4 Å². The van der Waals surface area contributed by atoms with Gasteiger partial charge in [0.1, 0.15) is 0 Å². The first-order chi connectivity index (χ1) is 9.63. The standard InChI is InChI=1S/C16H16BrNO2/c1-3-4-12(16(19)20-2)7-11-8-13-9-14(17)5-6-15(13)18-10-11/h5-10H,3-4H2,1-2H3/b12-7+. The molecule has 1 heterocycles. The molecule has 0 bridgehead atoms. The highest BCUT2D eigenvalue weighted by Gasteiger charge is 2.08. The first-order valence-corrected chi connectivity index (χ1v) is 7.27. The number of pyridine rings is 1. The molecule has 4 heteroatoms. The predicted octanol–water partition coefficient (Wildman–Crippen LogP) is 4.35. The summed E-state index contributed by atoms with van der Waals surface area (Å²) in [5, 5.41) is 1.04. The molecule has 0 saturated heterocycles. The molecule has 1 aromatic heterocycles. The Hall–Kier alpha value is -1.68. The maximum absolute atomic E-state index is 11.7. The van der Waals surface area contributed by atoms with Crippen LogP contribution < -0.4 is 0 Å². The Morgan fingerprint density at radius 2 is 2.20 bits per heavy atom. The molecule has 0 amide bonds. The quantitative estimate of drug-likeness (QED) is 0.616. The van der Waals surface area contributed by atoms with E-state index in [4.69, 9.17) is 4.74 Å². The van der Waals surface area contributed by atoms with E-state index in [1.807, 2.05) is 37.3 Å². The Bertz CT molecular complexity index is 665. The van der Waals surface area contributed by atoms with Gasteiger partial charge in [-0.1, -0.05) is 29.3 Å². The van der Waals surface area contributed by atoms with Crippen molar-refractivity contribution in [2.75, 3.05) is 7.11 Å². The topological polar surface area (TPSA) is 39.2 Å². The molecule has 20 heavy (non-hydrogen) atoms. The summed E-state index contributed by atoms with van der Waals surface area (Å²) < 4.78 is 5.82. The third-order valence-electron chi connectivity index (χ3n) is 2.97. The number of esters is 1. The van der Waals surface area contributed by atoms with Gasteiger partial charge in [0.15, 0.2) is 0 Å². The van der Waals surface area contributed by atoms with E-state index in [-0.39, 0.29) is 5.97 Å². The number of methoxy groups -OCH3 is 1. The van der Waals surface area contributed by atoms with E-state index < -0.39 is 0 Å². The highest BCUT2D eigenvalue weighted by molar-refractivity contribution is 9.10. The lowest BCUT2D eigenvalue weighted by molar-refractivity contribution is -0.136. The van der Waals surface area contributed by atoms with Gasteiger partial charge in [-0.3, -0.25) is 4.98 Å². The van der Waals surface area contributed by atoms with E-state index in [9.17, 15) is 4.79 Å². The maximum atomic E-state index is 11.7. The number of aromatic nitrogens is 1. The van der Waals surface area contributed by atoms with Gasteiger partial charge in [-0.05, 0) is 42.3 Å². The first-order valence-electron chi connectivity index (χ1n) is 6.48. The minimum Gasteiger partial charge on any atom is -0.466 e. The summed E-state index contributed by atoms with van der Waals surface area (Å²) in [7, 11) is 1.40. The van der Waals surface area contributed by atoms with Gasteiger partial charge in [-0.15, -0.1) is 0 Å². The fourth-order valence-corrected chi connectivity index (χ4v) is 2.41. The molecular weight excluding hydrogens is 318 g/mol. The summed E-state index contributed by atoms with van der Waals surface area (Å²) in [6.07, 6.45) is 5.22. The predicted molar refractivity (Wildman–Crippen MR) is 84.3 cm³/mol. The molecule has 0 atom stereocenters. The van der Waals surface area contributed by atoms with Crippen molar-refractivity contribution < 1.29 is 9.53 Å². The highest BCUT2D eigenvalue weighted by atomic mass is 79.9. The lowest BCUT2D eigenvalue weighted by Gasteiger charge is -2.05. The van der Waals surface area contributed by atoms with Crippen molar-refractivity contribution in [1.29, 1.82) is 0 Å². The third kappa shape index (κ3) is 3.45. The summed E-state index contributed by atoms with van der Waals surface area (Å²) in [6, 6.07) is 7.95.